The molecule has 1 atom stereocenters. The Hall–Kier alpha value is -2.27. The van der Waals surface area contributed by atoms with Gasteiger partial charge in [0.2, 0.25) is 0 Å². The van der Waals surface area contributed by atoms with Crippen LogP contribution in [0.15, 0.2) is 0 Å². The van der Waals surface area contributed by atoms with Crippen LogP contribution in [0.2, 0.25) is 0 Å². The van der Waals surface area contributed by atoms with Crippen LogP contribution >= 0.6 is 7.82 Å². The van der Waals surface area contributed by atoms with Gasteiger partial charge >= 0.3 is 19.8 Å². The molecule has 0 aromatic rings. The normalized spacial score (nSPS) is 10.9. The first-order valence-electron chi connectivity index (χ1n) is 9.77. The molecular weight excluding hydrogens is 411 g/mol. The van der Waals surface area contributed by atoms with E-state index in [-0.39, 0.29) is 6.42 Å². The van der Waals surface area contributed by atoms with E-state index in [1.807, 2.05) is 0 Å². The summed E-state index contributed by atoms with van der Waals surface area (Å²) in [4.78, 5) is 41.1. The monoisotopic (exact) mass is 440 g/mol. The van der Waals surface area contributed by atoms with Crippen LogP contribution in [0.4, 0.5) is 0 Å². The van der Waals surface area contributed by atoms with E-state index in [9.17, 15) is 14.2 Å². The van der Waals surface area contributed by atoms with Crippen molar-refractivity contribution in [2.75, 3.05) is 13.2 Å². The van der Waals surface area contributed by atoms with E-state index in [0.717, 1.165) is 19.3 Å². The van der Waals surface area contributed by atoms with Gasteiger partial charge in [-0.2, -0.15) is 0 Å². The number of phosphoric ester groups is 1. The topological polar surface area (TPSA) is 119 Å². The second-order valence-electron chi connectivity index (χ2n) is 6.24. The maximum Gasteiger partial charge on any atom is 0.469 e. The number of carbonyl (C=O) groups is 2. The molecule has 0 unspecified atom stereocenters. The summed E-state index contributed by atoms with van der Waals surface area (Å²) in [6.45, 7) is 2.66. The van der Waals surface area contributed by atoms with E-state index >= 15 is 0 Å². The average molecular weight is 440 g/mol. The molecular formula is C21H29O8P. The van der Waals surface area contributed by atoms with E-state index in [1.54, 1.807) is 6.92 Å². The highest BCUT2D eigenvalue weighted by Crippen LogP contribution is 2.35. The van der Waals surface area contributed by atoms with Crippen LogP contribution in [0.1, 0.15) is 65.2 Å². The van der Waals surface area contributed by atoms with Crippen LogP contribution in [0.5, 0.6) is 0 Å². The summed E-state index contributed by atoms with van der Waals surface area (Å²) in [6, 6.07) is 0. The van der Waals surface area contributed by atoms with Crippen molar-refractivity contribution < 1.29 is 37.9 Å². The molecule has 0 aliphatic rings. The Kier molecular flexibility index (Phi) is 16.2. The lowest BCUT2D eigenvalue weighted by Crippen LogP contribution is -2.29. The quantitative estimate of drug-likeness (QED) is 0.139. The van der Waals surface area contributed by atoms with Crippen LogP contribution in [-0.2, 0) is 28.2 Å². The Morgan fingerprint density at radius 1 is 0.933 bits per heavy atom. The summed E-state index contributed by atoms with van der Waals surface area (Å²) in [5.41, 5.74) is 0. The Balaban J connectivity index is 4.46. The molecule has 0 rings (SSSR count). The third-order valence-electron chi connectivity index (χ3n) is 3.59. The molecule has 0 radical (unpaired) electrons. The van der Waals surface area contributed by atoms with Crippen LogP contribution in [-0.4, -0.2) is 41.0 Å². The molecule has 0 aromatic heterocycles. The number of esters is 2. The minimum atomic E-state index is -4.77. The van der Waals surface area contributed by atoms with Gasteiger partial charge in [-0.1, -0.05) is 51.4 Å². The second kappa shape index (κ2) is 17.6. The fourth-order valence-corrected chi connectivity index (χ4v) is 2.54. The van der Waals surface area contributed by atoms with Gasteiger partial charge in [0.1, 0.15) is 6.61 Å². The minimum absolute atomic E-state index is 0.155. The van der Waals surface area contributed by atoms with Crippen LogP contribution < -0.4 is 0 Å². The van der Waals surface area contributed by atoms with E-state index in [1.165, 1.54) is 19.3 Å². The molecule has 0 saturated carbocycles. The van der Waals surface area contributed by atoms with Gasteiger partial charge in [0.25, 0.3) is 0 Å². The van der Waals surface area contributed by atoms with Gasteiger partial charge in [-0.15, -0.1) is 0 Å². The van der Waals surface area contributed by atoms with Crippen molar-refractivity contribution in [3.8, 4) is 35.5 Å². The Labute approximate surface area is 178 Å². The summed E-state index contributed by atoms with van der Waals surface area (Å²) in [5.74, 6) is 12.5. The maximum absolute atomic E-state index is 12.0. The molecule has 166 valence electrons. The molecule has 0 saturated heterocycles. The van der Waals surface area contributed by atoms with E-state index in [0.29, 0.717) is 6.42 Å². The fraction of sp³-hybridized carbons (Fsp3) is 0.619. The van der Waals surface area contributed by atoms with Gasteiger partial charge in [0, 0.05) is 12.3 Å². The van der Waals surface area contributed by atoms with Gasteiger partial charge in [0.15, 0.2) is 6.10 Å². The lowest BCUT2D eigenvalue weighted by molar-refractivity contribution is -0.158. The number of unbranched alkanes of at least 4 members (excludes halogenated alkanes) is 6. The molecule has 0 aromatic carbocycles. The average Bonchev–Trinajstić information content (AvgIpc) is 2.68. The van der Waals surface area contributed by atoms with Crippen molar-refractivity contribution in [1.29, 1.82) is 0 Å². The molecule has 0 heterocycles. The molecule has 8 nitrogen and oxygen atoms in total. The van der Waals surface area contributed by atoms with E-state index < -0.39 is 39.1 Å². The molecule has 0 amide bonds. The van der Waals surface area contributed by atoms with Crippen LogP contribution in [0, 0.1) is 35.5 Å². The summed E-state index contributed by atoms with van der Waals surface area (Å²) >= 11 is 0. The summed E-state index contributed by atoms with van der Waals surface area (Å²) < 4.78 is 25.2. The minimum Gasteiger partial charge on any atom is -0.456 e. The zero-order valence-electron chi connectivity index (χ0n) is 17.4. The van der Waals surface area contributed by atoms with Gasteiger partial charge in [-0.25, -0.2) is 9.36 Å². The van der Waals surface area contributed by atoms with Gasteiger partial charge in [-0.3, -0.25) is 9.32 Å². The number of hydrogen-bond donors (Lipinski definition) is 2. The van der Waals surface area contributed by atoms with Crippen molar-refractivity contribution in [3.05, 3.63) is 0 Å². The van der Waals surface area contributed by atoms with Crippen molar-refractivity contribution in [2.45, 2.75) is 71.3 Å². The van der Waals surface area contributed by atoms with E-state index in [4.69, 9.17) is 19.3 Å². The van der Waals surface area contributed by atoms with Gasteiger partial charge in [-0.05, 0) is 37.0 Å². The summed E-state index contributed by atoms with van der Waals surface area (Å²) in [6.07, 6.45) is 6.20. The highest BCUT2D eigenvalue weighted by Gasteiger charge is 2.22. The number of carbonyl (C=O) groups excluding carboxylic acids is 2. The van der Waals surface area contributed by atoms with Crippen LogP contribution in [0.3, 0.4) is 0 Å². The molecule has 30 heavy (non-hydrogen) atoms. The summed E-state index contributed by atoms with van der Waals surface area (Å²) in [5, 5.41) is 0. The molecule has 0 aliphatic carbocycles. The standard InChI is InChI=1S/C21H29O8P/c1-3-5-7-9-10-12-14-16-21(23)29-19(18-28-30(24,25)26)17-27-20(22)15-13-11-8-6-4-2/h19H,3,5,7,9-10,12,14,16-18H2,1-2H3,(H2,24,25,26)/t19-/m0/s1. The first-order chi connectivity index (χ1) is 14.3. The first kappa shape index (κ1) is 27.7. The zero-order chi connectivity index (χ0) is 22.7. The second-order valence-corrected chi connectivity index (χ2v) is 7.48. The first-order valence-corrected chi connectivity index (χ1v) is 11.3. The predicted molar refractivity (Wildman–Crippen MR) is 110 cm³/mol. The number of ether oxygens (including phenoxy) is 2. The molecule has 0 fully saturated rings. The largest absolute Gasteiger partial charge is 0.469 e. The maximum atomic E-state index is 12.0. The van der Waals surface area contributed by atoms with Gasteiger partial charge < -0.3 is 19.3 Å². The third kappa shape index (κ3) is 19.1. The van der Waals surface area contributed by atoms with Crippen molar-refractivity contribution >= 4 is 19.8 Å². The smallest absolute Gasteiger partial charge is 0.456 e. The molecule has 2 N–H and O–H groups in total. The summed E-state index contributed by atoms with van der Waals surface area (Å²) in [7, 11) is -4.77. The molecule has 9 heteroatoms. The lowest BCUT2D eigenvalue weighted by atomic mass is 10.1. The van der Waals surface area contributed by atoms with Crippen LogP contribution in [0.25, 0.3) is 0 Å². The number of phosphoric acid groups is 1. The third-order valence-corrected chi connectivity index (χ3v) is 4.07. The van der Waals surface area contributed by atoms with Crippen molar-refractivity contribution in [1.82, 2.24) is 0 Å². The molecule has 0 aliphatic heterocycles. The van der Waals surface area contributed by atoms with Crippen molar-refractivity contribution in [3.63, 3.8) is 0 Å². The lowest BCUT2D eigenvalue weighted by Gasteiger charge is -2.17. The fourth-order valence-electron chi connectivity index (χ4n) is 2.18. The SMILES string of the molecule is CC#CC#CC#CC(=O)OC[C@@H](COP(=O)(O)O)OC(=O)CCCCCCCCC. The molecule has 0 bridgehead atoms. The van der Waals surface area contributed by atoms with Gasteiger partial charge in [0.05, 0.1) is 6.61 Å². The molecule has 0 spiro atoms. The zero-order valence-corrected chi connectivity index (χ0v) is 18.3. The predicted octanol–water partition coefficient (Wildman–Crippen LogP) is 2.72. The van der Waals surface area contributed by atoms with Crippen molar-refractivity contribution in [2.24, 2.45) is 0 Å². The Morgan fingerprint density at radius 2 is 1.57 bits per heavy atom. The number of rotatable bonds is 14. The Bertz CT molecular complexity index is 751. The highest BCUT2D eigenvalue weighted by atomic mass is 31.2. The highest BCUT2D eigenvalue weighted by molar-refractivity contribution is 7.46. The van der Waals surface area contributed by atoms with E-state index in [2.05, 4.69) is 47.0 Å². The Morgan fingerprint density at radius 3 is 2.20 bits per heavy atom. The number of hydrogen-bond acceptors (Lipinski definition) is 6.